The van der Waals surface area contributed by atoms with Crippen LogP contribution in [-0.4, -0.2) is 19.2 Å². The molecule has 2 heterocycles. The fourth-order valence-corrected chi connectivity index (χ4v) is 5.45. The number of aromatic nitrogens is 4. The van der Waals surface area contributed by atoms with Crippen LogP contribution in [0.15, 0.2) is 115 Å². The molecule has 0 saturated carbocycles. The average Bonchev–Trinajstić information content (AvgIpc) is 3.60. The Labute approximate surface area is 336 Å². The van der Waals surface area contributed by atoms with Gasteiger partial charge in [-0.1, -0.05) is 71.0 Å². The first kappa shape index (κ1) is 42.8. The van der Waals surface area contributed by atoms with Gasteiger partial charge in [0.2, 0.25) is 0 Å². The molecular weight excluding hydrogens is 776 g/mol. The molecule has 0 fully saturated rings. The van der Waals surface area contributed by atoms with Crippen LogP contribution in [0.25, 0.3) is 11.4 Å². The molecule has 0 amide bonds. The number of rotatable bonds is 9. The second kappa shape index (κ2) is 17.7. The second-order valence-electron chi connectivity index (χ2n) is 13.7. The molecule has 0 atom stereocenters. The molecule has 0 spiro atoms. The summed E-state index contributed by atoms with van der Waals surface area (Å²) >= 11 is 0. The minimum Gasteiger partial charge on any atom is -0.866 e. The number of aryl methyl sites for hydroxylation is 3. The maximum Gasteiger partial charge on any atom is 3.00 e. The van der Waals surface area contributed by atoms with E-state index in [0.29, 0.717) is 40.3 Å². The topological polar surface area (TPSA) is 254 Å². The molecule has 0 saturated heterocycles. The van der Waals surface area contributed by atoms with Crippen LogP contribution in [0.5, 0.6) is 11.5 Å². The SMILES string of the molecule is Cc1[n-]n(-c2ccccc2)c(=O)c1N=Nc1cc(CC(C)(C)C)cc([N+](=O)[O-])c1[O-].Cc1cc(N=Nc2c(C)[n-]n(-c3ccccc3)c2=O)c([O-])c([N+](=O)[O-])c1.[Cr+3].[H+]. The molecule has 0 aliphatic rings. The number of nitro groups is 2. The summed E-state index contributed by atoms with van der Waals surface area (Å²) in [6, 6.07) is 22.9. The van der Waals surface area contributed by atoms with Gasteiger partial charge in [0.1, 0.15) is 11.4 Å². The first-order valence-corrected chi connectivity index (χ1v) is 16.9. The maximum atomic E-state index is 12.7. The van der Waals surface area contributed by atoms with Gasteiger partial charge in [0.15, 0.2) is 0 Å². The average molecular weight is 812 g/mol. The number of nitrogens with zero attached hydrogens (tertiary/aromatic N) is 10. The quantitative estimate of drug-likeness (QED) is 0.0820. The van der Waals surface area contributed by atoms with Crippen LogP contribution < -0.4 is 31.5 Å². The molecule has 0 bridgehead atoms. The van der Waals surface area contributed by atoms with Crippen LogP contribution in [0.1, 0.15) is 44.7 Å². The number of nitro benzene ring substituents is 2. The number of hydrogen-bond donors (Lipinski definition) is 0. The number of benzene rings is 4. The molecule has 0 unspecified atom stereocenters. The van der Waals surface area contributed by atoms with E-state index in [2.05, 4.69) is 30.7 Å². The van der Waals surface area contributed by atoms with Crippen molar-refractivity contribution in [3.63, 3.8) is 0 Å². The van der Waals surface area contributed by atoms with Crippen molar-refractivity contribution in [2.75, 3.05) is 0 Å². The normalized spacial score (nSPS) is 11.3. The molecule has 0 aliphatic heterocycles. The van der Waals surface area contributed by atoms with Gasteiger partial charge >= 0.3 is 18.8 Å². The van der Waals surface area contributed by atoms with E-state index in [4.69, 9.17) is 0 Å². The van der Waals surface area contributed by atoms with Crippen molar-refractivity contribution in [3.05, 3.63) is 148 Å². The van der Waals surface area contributed by atoms with Gasteiger partial charge in [-0.15, -0.1) is 21.6 Å². The Bertz CT molecular complexity index is 2610. The van der Waals surface area contributed by atoms with E-state index in [0.717, 1.165) is 0 Å². The molecule has 19 heteroatoms. The first-order chi connectivity index (χ1) is 26.4. The second-order valence-corrected chi connectivity index (χ2v) is 13.7. The zero-order chi connectivity index (χ0) is 40.9. The fraction of sp³-hybridized carbons (Fsp3) is 0.211. The minimum absolute atomic E-state index is 0. The molecule has 291 valence electrons. The van der Waals surface area contributed by atoms with Crippen molar-refractivity contribution in [1.29, 1.82) is 0 Å². The summed E-state index contributed by atoms with van der Waals surface area (Å²) in [7, 11) is 0. The van der Waals surface area contributed by atoms with E-state index in [1.54, 1.807) is 69.3 Å². The van der Waals surface area contributed by atoms with E-state index in [-0.39, 0.29) is 47.0 Å². The van der Waals surface area contributed by atoms with E-state index in [1.165, 1.54) is 33.6 Å². The van der Waals surface area contributed by atoms with Crippen LogP contribution in [0.4, 0.5) is 34.1 Å². The van der Waals surface area contributed by atoms with Gasteiger partial charge in [-0.05, 0) is 66.3 Å². The predicted octanol–water partition coefficient (Wildman–Crippen LogP) is 7.01. The van der Waals surface area contributed by atoms with Crippen LogP contribution in [0.3, 0.4) is 0 Å². The van der Waals surface area contributed by atoms with E-state index >= 15 is 0 Å². The maximum absolute atomic E-state index is 12.7. The van der Waals surface area contributed by atoms with Crippen molar-refractivity contribution in [2.24, 2.45) is 25.9 Å². The molecule has 6 rings (SSSR count). The first-order valence-electron chi connectivity index (χ1n) is 16.9. The predicted molar refractivity (Wildman–Crippen MR) is 203 cm³/mol. The summed E-state index contributed by atoms with van der Waals surface area (Å²) in [4.78, 5) is 45.9. The van der Waals surface area contributed by atoms with E-state index in [9.17, 15) is 40.0 Å². The Morgan fingerprint density at radius 2 is 1.05 bits per heavy atom. The Balaban J connectivity index is 0.000000303. The van der Waals surface area contributed by atoms with Crippen LogP contribution in [0, 0.1) is 46.4 Å². The third-order valence-corrected chi connectivity index (χ3v) is 7.92. The molecule has 6 aromatic rings. The molecule has 2 aromatic heterocycles. The number of para-hydroxylation sites is 2. The third-order valence-electron chi connectivity index (χ3n) is 7.92. The zero-order valence-corrected chi connectivity index (χ0v) is 32.7. The monoisotopic (exact) mass is 811 g/mol. The van der Waals surface area contributed by atoms with Crippen molar-refractivity contribution < 1.29 is 38.8 Å². The summed E-state index contributed by atoms with van der Waals surface area (Å²) in [5, 5.41) is 70.5. The summed E-state index contributed by atoms with van der Waals surface area (Å²) in [6.07, 6.45) is 0.508. The molecule has 1 radical (unpaired) electrons. The molecule has 18 nitrogen and oxygen atoms in total. The van der Waals surface area contributed by atoms with Gasteiger partial charge in [-0.25, -0.2) is 0 Å². The van der Waals surface area contributed by atoms with Gasteiger partial charge in [0.05, 0.1) is 21.2 Å². The Morgan fingerprint density at radius 1 is 0.649 bits per heavy atom. The summed E-state index contributed by atoms with van der Waals surface area (Å²) in [5.74, 6) is -1.70. The summed E-state index contributed by atoms with van der Waals surface area (Å²) in [6.45, 7) is 10.7. The number of azo groups is 2. The van der Waals surface area contributed by atoms with Gasteiger partial charge in [0, 0.05) is 35.0 Å². The molecule has 4 aromatic carbocycles. The molecular formula is C38H35CrN10O8. The van der Waals surface area contributed by atoms with Gasteiger partial charge in [-0.3, -0.25) is 29.8 Å². The van der Waals surface area contributed by atoms with Crippen molar-refractivity contribution in [2.45, 2.75) is 48.0 Å². The van der Waals surface area contributed by atoms with E-state index < -0.39 is 43.8 Å². The van der Waals surface area contributed by atoms with Gasteiger partial charge in [-0.2, -0.15) is 10.2 Å². The standard InChI is InChI=1S/C21H23N5O4.C17H15N5O4.Cr/c1-13-18(20(28)25(24-13)15-8-6-5-7-9-15)23-22-16-10-14(12-21(2,3)4)11-17(19(16)27)26(29)30;1-10-8-13(16(23)14(9-10)22(25)26)18-19-15-11(2)20-21(17(15)24)12-6-4-3-5-7-12;/h5-11H,12H2,1-4H3,(H2,22,23,24,27,28);3-9H,1-2H3,(H2,18,19,20,23,24);/q;;+3/p-3. The zero-order valence-electron chi connectivity index (χ0n) is 32.4. The minimum atomic E-state index is -0.857. The van der Waals surface area contributed by atoms with Crippen LogP contribution >= 0.6 is 0 Å². The van der Waals surface area contributed by atoms with Crippen molar-refractivity contribution in [1.82, 2.24) is 19.6 Å². The van der Waals surface area contributed by atoms with E-state index in [1.807, 2.05) is 32.9 Å². The van der Waals surface area contributed by atoms with Crippen molar-refractivity contribution >= 4 is 34.1 Å². The largest absolute Gasteiger partial charge is 3.00 e. The number of hydrogen-bond acceptors (Lipinski definition) is 12. The van der Waals surface area contributed by atoms with Gasteiger partial charge in [0.25, 0.3) is 22.5 Å². The summed E-state index contributed by atoms with van der Waals surface area (Å²) in [5.41, 5.74) is 0.158. The molecule has 0 N–H and O–H groups in total. The summed E-state index contributed by atoms with van der Waals surface area (Å²) < 4.78 is 2.38. The Kier molecular flexibility index (Phi) is 13.3. The third kappa shape index (κ3) is 10.0. The van der Waals surface area contributed by atoms with Gasteiger partial charge < -0.3 is 29.8 Å². The molecule has 57 heavy (non-hydrogen) atoms. The Hall–Kier alpha value is -6.97. The van der Waals surface area contributed by atoms with Crippen LogP contribution in [-0.2, 0) is 23.8 Å². The van der Waals surface area contributed by atoms with Crippen molar-refractivity contribution in [3.8, 4) is 22.9 Å². The van der Waals surface area contributed by atoms with Crippen LogP contribution in [0.2, 0.25) is 0 Å². The molecule has 0 aliphatic carbocycles. The smallest absolute Gasteiger partial charge is 0.866 e. The fourth-order valence-electron chi connectivity index (χ4n) is 5.45. The Morgan fingerprint density at radius 3 is 1.46 bits per heavy atom.